The maximum Gasteiger partial charge on any atom is 0.234 e. The third kappa shape index (κ3) is 6.44. The number of hydrogen-bond acceptors (Lipinski definition) is 5. The van der Waals surface area contributed by atoms with Gasteiger partial charge in [0.25, 0.3) is 0 Å². The van der Waals surface area contributed by atoms with Crippen LogP contribution in [-0.4, -0.2) is 65.7 Å². The van der Waals surface area contributed by atoms with Gasteiger partial charge in [-0.05, 0) is 24.3 Å². The topological polar surface area (TPSA) is 48.5 Å². The second-order valence-corrected chi connectivity index (χ2v) is 7.55. The molecule has 6 heteroatoms. The van der Waals surface area contributed by atoms with E-state index in [0.717, 1.165) is 44.2 Å². The first-order chi connectivity index (χ1) is 12.8. The summed E-state index contributed by atoms with van der Waals surface area (Å²) in [6.45, 7) is 5.91. The number of piperazine rings is 1. The van der Waals surface area contributed by atoms with Crippen molar-refractivity contribution < 1.29 is 4.79 Å². The summed E-state index contributed by atoms with van der Waals surface area (Å²) >= 11 is 1.77. The van der Waals surface area contributed by atoms with Crippen molar-refractivity contribution in [3.05, 3.63) is 60.4 Å². The largest absolute Gasteiger partial charge is 0.354 e. The zero-order valence-electron chi connectivity index (χ0n) is 15.0. The van der Waals surface area contributed by atoms with Gasteiger partial charge in [0.15, 0.2) is 0 Å². The normalized spacial score (nSPS) is 15.7. The van der Waals surface area contributed by atoms with Gasteiger partial charge in [0.05, 0.1) is 12.2 Å². The lowest BCUT2D eigenvalue weighted by Gasteiger charge is -2.34. The van der Waals surface area contributed by atoms with Gasteiger partial charge >= 0.3 is 0 Å². The van der Waals surface area contributed by atoms with Crippen molar-refractivity contribution >= 4 is 17.7 Å². The summed E-state index contributed by atoms with van der Waals surface area (Å²) in [6.07, 6.45) is 1.84. The van der Waals surface area contributed by atoms with E-state index in [2.05, 4.69) is 38.3 Å². The van der Waals surface area contributed by atoms with Gasteiger partial charge in [0, 0.05) is 56.1 Å². The van der Waals surface area contributed by atoms with Crippen LogP contribution in [0, 0.1) is 0 Å². The molecule has 1 aromatic heterocycles. The SMILES string of the molecule is O=C(CN1CCN(Cc2ccccn2)CC1)NCCSc1ccccc1. The van der Waals surface area contributed by atoms with E-state index in [0.29, 0.717) is 13.1 Å². The molecule has 5 nitrogen and oxygen atoms in total. The van der Waals surface area contributed by atoms with Gasteiger partial charge in [-0.3, -0.25) is 19.6 Å². The van der Waals surface area contributed by atoms with Crippen LogP contribution in [0.2, 0.25) is 0 Å². The molecule has 1 saturated heterocycles. The zero-order valence-corrected chi connectivity index (χ0v) is 15.8. The van der Waals surface area contributed by atoms with E-state index in [1.165, 1.54) is 4.90 Å². The first kappa shape index (κ1) is 18.9. The summed E-state index contributed by atoms with van der Waals surface area (Å²) < 4.78 is 0. The van der Waals surface area contributed by atoms with Crippen LogP contribution in [-0.2, 0) is 11.3 Å². The van der Waals surface area contributed by atoms with Crippen molar-refractivity contribution in [3.8, 4) is 0 Å². The highest BCUT2D eigenvalue weighted by Gasteiger charge is 2.19. The minimum atomic E-state index is 0.122. The van der Waals surface area contributed by atoms with Crippen molar-refractivity contribution in [1.29, 1.82) is 0 Å². The maximum atomic E-state index is 12.1. The Morgan fingerprint density at radius 3 is 2.46 bits per heavy atom. The maximum absolute atomic E-state index is 12.1. The standard InChI is InChI=1S/C20H26N4OS/c25-20(22-10-15-26-19-7-2-1-3-8-19)17-24-13-11-23(12-14-24)16-18-6-4-5-9-21-18/h1-9H,10-17H2,(H,22,25). The fourth-order valence-electron chi connectivity index (χ4n) is 2.96. The minimum Gasteiger partial charge on any atom is -0.354 e. The van der Waals surface area contributed by atoms with Crippen molar-refractivity contribution in [2.45, 2.75) is 11.4 Å². The highest BCUT2D eigenvalue weighted by atomic mass is 32.2. The van der Waals surface area contributed by atoms with Crippen LogP contribution in [0.5, 0.6) is 0 Å². The molecule has 1 fully saturated rings. The zero-order chi connectivity index (χ0) is 18.0. The van der Waals surface area contributed by atoms with Gasteiger partial charge < -0.3 is 5.32 Å². The number of rotatable bonds is 8. The average Bonchev–Trinajstić information content (AvgIpc) is 2.68. The van der Waals surface area contributed by atoms with Crippen molar-refractivity contribution in [3.63, 3.8) is 0 Å². The number of amides is 1. The smallest absolute Gasteiger partial charge is 0.234 e. The van der Waals surface area contributed by atoms with Crippen LogP contribution in [0.3, 0.4) is 0 Å². The summed E-state index contributed by atoms with van der Waals surface area (Å²) in [7, 11) is 0. The molecule has 1 amide bonds. The van der Waals surface area contributed by atoms with Crippen molar-refractivity contribution in [1.82, 2.24) is 20.1 Å². The van der Waals surface area contributed by atoms with Gasteiger partial charge in [-0.1, -0.05) is 24.3 Å². The lowest BCUT2D eigenvalue weighted by Crippen LogP contribution is -2.49. The molecular weight excluding hydrogens is 344 g/mol. The molecular formula is C20H26N4OS. The number of thioether (sulfide) groups is 1. The highest BCUT2D eigenvalue weighted by molar-refractivity contribution is 7.99. The highest BCUT2D eigenvalue weighted by Crippen LogP contribution is 2.15. The average molecular weight is 371 g/mol. The summed E-state index contributed by atoms with van der Waals surface area (Å²) in [6, 6.07) is 16.3. The Morgan fingerprint density at radius 1 is 1.00 bits per heavy atom. The minimum absolute atomic E-state index is 0.122. The van der Waals surface area contributed by atoms with E-state index in [1.54, 1.807) is 11.8 Å². The van der Waals surface area contributed by atoms with Gasteiger partial charge in [-0.25, -0.2) is 0 Å². The van der Waals surface area contributed by atoms with Crippen LogP contribution in [0.4, 0.5) is 0 Å². The molecule has 0 aliphatic carbocycles. The Bertz CT molecular complexity index is 660. The van der Waals surface area contributed by atoms with Crippen LogP contribution < -0.4 is 5.32 Å². The molecule has 0 saturated carbocycles. The predicted molar refractivity (Wildman–Crippen MR) is 106 cm³/mol. The van der Waals surface area contributed by atoms with Crippen molar-refractivity contribution in [2.75, 3.05) is 45.0 Å². The van der Waals surface area contributed by atoms with Gasteiger partial charge in [0.2, 0.25) is 5.91 Å². The van der Waals surface area contributed by atoms with E-state index in [4.69, 9.17) is 0 Å². The van der Waals surface area contributed by atoms with E-state index in [-0.39, 0.29) is 5.91 Å². The molecule has 1 N–H and O–H groups in total. The molecule has 0 atom stereocenters. The number of aromatic nitrogens is 1. The number of carbonyl (C=O) groups is 1. The molecule has 2 aromatic rings. The van der Waals surface area contributed by atoms with Gasteiger partial charge in [-0.15, -0.1) is 11.8 Å². The molecule has 0 radical (unpaired) electrons. The molecule has 26 heavy (non-hydrogen) atoms. The number of nitrogens with zero attached hydrogens (tertiary/aromatic N) is 3. The summed E-state index contributed by atoms with van der Waals surface area (Å²) in [5, 5.41) is 3.03. The first-order valence-corrected chi connectivity index (χ1v) is 10.1. The Balaban J connectivity index is 1.28. The number of carbonyl (C=O) groups excluding carboxylic acids is 1. The Morgan fingerprint density at radius 2 is 1.73 bits per heavy atom. The fraction of sp³-hybridized carbons (Fsp3) is 0.400. The molecule has 1 aromatic carbocycles. The molecule has 3 rings (SSSR count). The van der Waals surface area contributed by atoms with E-state index in [1.807, 2.05) is 36.5 Å². The fourth-order valence-corrected chi connectivity index (χ4v) is 3.75. The second kappa shape index (κ2) is 10.3. The molecule has 0 spiro atoms. The lowest BCUT2D eigenvalue weighted by molar-refractivity contribution is -0.122. The quantitative estimate of drug-likeness (QED) is 0.570. The Kier molecular flexibility index (Phi) is 7.49. The first-order valence-electron chi connectivity index (χ1n) is 9.09. The Hall–Kier alpha value is -1.89. The second-order valence-electron chi connectivity index (χ2n) is 6.38. The van der Waals surface area contributed by atoms with E-state index in [9.17, 15) is 4.79 Å². The summed E-state index contributed by atoms with van der Waals surface area (Å²) in [5.41, 5.74) is 1.11. The molecule has 2 heterocycles. The summed E-state index contributed by atoms with van der Waals surface area (Å²) in [5.74, 6) is 1.02. The number of benzene rings is 1. The number of pyridine rings is 1. The van der Waals surface area contributed by atoms with E-state index >= 15 is 0 Å². The van der Waals surface area contributed by atoms with E-state index < -0.39 is 0 Å². The predicted octanol–water partition coefficient (Wildman–Crippen LogP) is 2.11. The lowest BCUT2D eigenvalue weighted by atomic mass is 10.2. The van der Waals surface area contributed by atoms with Gasteiger partial charge in [0.1, 0.15) is 0 Å². The molecule has 1 aliphatic heterocycles. The van der Waals surface area contributed by atoms with Crippen LogP contribution in [0.15, 0.2) is 59.6 Å². The molecule has 0 unspecified atom stereocenters. The molecule has 0 bridgehead atoms. The monoisotopic (exact) mass is 370 g/mol. The number of hydrogen-bond donors (Lipinski definition) is 1. The van der Waals surface area contributed by atoms with Gasteiger partial charge in [-0.2, -0.15) is 0 Å². The number of nitrogens with one attached hydrogen (secondary N) is 1. The molecule has 1 aliphatic rings. The van der Waals surface area contributed by atoms with Crippen molar-refractivity contribution in [2.24, 2.45) is 0 Å². The van der Waals surface area contributed by atoms with Crippen LogP contribution >= 0.6 is 11.8 Å². The van der Waals surface area contributed by atoms with Crippen LogP contribution in [0.1, 0.15) is 5.69 Å². The molecule has 138 valence electrons. The van der Waals surface area contributed by atoms with Crippen LogP contribution in [0.25, 0.3) is 0 Å². The third-order valence-electron chi connectivity index (χ3n) is 4.38. The third-order valence-corrected chi connectivity index (χ3v) is 5.39. The summed E-state index contributed by atoms with van der Waals surface area (Å²) in [4.78, 5) is 22.4. The Labute approximate surface area is 159 Å².